The number of hydrogen-bond donors (Lipinski definition) is 0. The summed E-state index contributed by atoms with van der Waals surface area (Å²) in [5.74, 6) is 1.61. The van der Waals surface area contributed by atoms with Crippen molar-refractivity contribution in [2.24, 2.45) is 5.92 Å². The Morgan fingerprint density at radius 3 is 2.75 bits per heavy atom. The van der Waals surface area contributed by atoms with Crippen molar-refractivity contribution in [1.82, 2.24) is 4.90 Å². The first-order valence-corrected chi connectivity index (χ1v) is 6.97. The predicted octanol–water partition coefficient (Wildman–Crippen LogP) is 3.14. The van der Waals surface area contributed by atoms with Crippen LogP contribution < -0.4 is 0 Å². The van der Waals surface area contributed by atoms with Crippen LogP contribution in [0.15, 0.2) is 0 Å². The summed E-state index contributed by atoms with van der Waals surface area (Å²) in [7, 11) is 0. The Hall–Kier alpha value is 0.210. The van der Waals surface area contributed by atoms with Gasteiger partial charge in [0.15, 0.2) is 0 Å². The summed E-state index contributed by atoms with van der Waals surface area (Å²) in [6, 6.07) is 0. The van der Waals surface area contributed by atoms with Gasteiger partial charge in [0, 0.05) is 19.0 Å². The maximum Gasteiger partial charge on any atom is 0.0600 e. The number of ether oxygens (including phenoxy) is 1. The average Bonchev–Trinajstić information content (AvgIpc) is 2.17. The lowest BCUT2D eigenvalue weighted by atomic mass is 9.96. The van der Waals surface area contributed by atoms with E-state index in [-0.39, 0.29) is 5.60 Å². The fraction of sp³-hybridized carbons (Fsp3) is 1.00. The van der Waals surface area contributed by atoms with Crippen LogP contribution in [0, 0.1) is 5.92 Å². The van der Waals surface area contributed by atoms with Crippen LogP contribution in [0.25, 0.3) is 0 Å². The monoisotopic (exact) mass is 247 g/mol. The molecule has 1 fully saturated rings. The molecule has 0 aromatic heterocycles. The van der Waals surface area contributed by atoms with Gasteiger partial charge in [0.1, 0.15) is 0 Å². The van der Waals surface area contributed by atoms with Crippen LogP contribution in [0.4, 0.5) is 0 Å². The van der Waals surface area contributed by atoms with Gasteiger partial charge in [-0.15, -0.1) is 11.6 Å². The number of alkyl halides is 1. The van der Waals surface area contributed by atoms with Gasteiger partial charge in [0.25, 0.3) is 0 Å². The van der Waals surface area contributed by atoms with Crippen LogP contribution in [0.2, 0.25) is 0 Å². The third-order valence-electron chi connectivity index (χ3n) is 3.06. The normalized spacial score (nSPS) is 23.6. The Balaban J connectivity index is 2.16. The van der Waals surface area contributed by atoms with E-state index in [1.54, 1.807) is 0 Å². The minimum absolute atomic E-state index is 0.00860. The first kappa shape index (κ1) is 14.3. The molecule has 1 aliphatic rings. The molecule has 0 saturated carbocycles. The van der Waals surface area contributed by atoms with Crippen LogP contribution in [-0.2, 0) is 4.74 Å². The summed E-state index contributed by atoms with van der Waals surface area (Å²) in [4.78, 5) is 2.52. The van der Waals surface area contributed by atoms with Crippen LogP contribution in [0.1, 0.15) is 40.0 Å². The zero-order valence-electron chi connectivity index (χ0n) is 11.0. The van der Waals surface area contributed by atoms with E-state index in [4.69, 9.17) is 16.3 Å². The lowest BCUT2D eigenvalue weighted by molar-refractivity contribution is -0.0171. The number of piperidine rings is 1. The summed E-state index contributed by atoms with van der Waals surface area (Å²) < 4.78 is 5.76. The first-order valence-electron chi connectivity index (χ1n) is 6.43. The van der Waals surface area contributed by atoms with E-state index in [1.165, 1.54) is 25.9 Å². The molecule has 0 N–H and O–H groups in total. The maximum absolute atomic E-state index is 5.80. The van der Waals surface area contributed by atoms with Gasteiger partial charge in [0.2, 0.25) is 0 Å². The molecule has 1 unspecified atom stereocenters. The minimum Gasteiger partial charge on any atom is -0.375 e. The van der Waals surface area contributed by atoms with Crippen LogP contribution >= 0.6 is 11.6 Å². The lowest BCUT2D eigenvalue weighted by Crippen LogP contribution is -2.38. The number of rotatable bonds is 5. The third-order valence-corrected chi connectivity index (χ3v) is 3.28. The van der Waals surface area contributed by atoms with E-state index in [0.29, 0.717) is 0 Å². The Morgan fingerprint density at radius 2 is 2.12 bits per heavy atom. The molecular weight excluding hydrogens is 222 g/mol. The van der Waals surface area contributed by atoms with Crippen molar-refractivity contribution in [3.63, 3.8) is 0 Å². The highest BCUT2D eigenvalue weighted by Gasteiger charge is 2.19. The van der Waals surface area contributed by atoms with Crippen LogP contribution in [-0.4, -0.2) is 42.6 Å². The maximum atomic E-state index is 5.80. The van der Waals surface area contributed by atoms with Crippen LogP contribution in [0.3, 0.4) is 0 Å². The van der Waals surface area contributed by atoms with Crippen molar-refractivity contribution in [3.05, 3.63) is 0 Å². The molecule has 1 atom stereocenters. The SMILES string of the molecule is CC(C)(C)OCCN1CCCC(CCCl)C1. The Morgan fingerprint density at radius 1 is 1.38 bits per heavy atom. The second-order valence-corrected chi connectivity index (χ2v) is 6.13. The van der Waals surface area contributed by atoms with Crippen molar-refractivity contribution in [2.45, 2.75) is 45.6 Å². The quantitative estimate of drug-likeness (QED) is 0.692. The molecule has 1 rings (SSSR count). The predicted molar refractivity (Wildman–Crippen MR) is 70.2 cm³/mol. The molecule has 1 heterocycles. The molecule has 1 saturated heterocycles. The van der Waals surface area contributed by atoms with E-state index in [1.807, 2.05) is 0 Å². The highest BCUT2D eigenvalue weighted by atomic mass is 35.5. The largest absolute Gasteiger partial charge is 0.375 e. The molecule has 0 amide bonds. The zero-order valence-corrected chi connectivity index (χ0v) is 11.7. The van der Waals surface area contributed by atoms with Gasteiger partial charge in [-0.3, -0.25) is 0 Å². The number of hydrogen-bond acceptors (Lipinski definition) is 2. The highest BCUT2D eigenvalue weighted by molar-refractivity contribution is 6.17. The minimum atomic E-state index is -0.00860. The molecule has 3 heteroatoms. The van der Waals surface area contributed by atoms with Crippen molar-refractivity contribution >= 4 is 11.6 Å². The van der Waals surface area contributed by atoms with E-state index in [2.05, 4.69) is 25.7 Å². The molecular formula is C13H26ClNO. The molecule has 0 aromatic carbocycles. The summed E-state index contributed by atoms with van der Waals surface area (Å²) in [5, 5.41) is 0. The van der Waals surface area contributed by atoms with Gasteiger partial charge >= 0.3 is 0 Å². The molecule has 0 radical (unpaired) electrons. The molecule has 0 aliphatic carbocycles. The summed E-state index contributed by atoms with van der Waals surface area (Å²) >= 11 is 5.80. The molecule has 16 heavy (non-hydrogen) atoms. The third kappa shape index (κ3) is 6.07. The molecule has 0 spiro atoms. The average molecular weight is 248 g/mol. The van der Waals surface area contributed by atoms with Gasteiger partial charge in [-0.25, -0.2) is 0 Å². The number of nitrogens with zero attached hydrogens (tertiary/aromatic N) is 1. The number of halogens is 1. The van der Waals surface area contributed by atoms with Crippen molar-refractivity contribution in [2.75, 3.05) is 32.1 Å². The van der Waals surface area contributed by atoms with E-state index < -0.39 is 0 Å². The summed E-state index contributed by atoms with van der Waals surface area (Å²) in [5.41, 5.74) is -0.00860. The van der Waals surface area contributed by atoms with Gasteiger partial charge in [-0.05, 0) is 52.5 Å². The van der Waals surface area contributed by atoms with Crippen LogP contribution in [0.5, 0.6) is 0 Å². The summed E-state index contributed by atoms with van der Waals surface area (Å²) in [6.07, 6.45) is 3.83. The smallest absolute Gasteiger partial charge is 0.0600 e. The van der Waals surface area contributed by atoms with Gasteiger partial charge in [0.05, 0.1) is 12.2 Å². The van der Waals surface area contributed by atoms with E-state index in [9.17, 15) is 0 Å². The van der Waals surface area contributed by atoms with Crippen molar-refractivity contribution < 1.29 is 4.74 Å². The Labute approximate surface area is 105 Å². The van der Waals surface area contributed by atoms with E-state index >= 15 is 0 Å². The second kappa shape index (κ2) is 6.83. The van der Waals surface area contributed by atoms with Gasteiger partial charge in [-0.2, -0.15) is 0 Å². The topological polar surface area (TPSA) is 12.5 Å². The fourth-order valence-corrected chi connectivity index (χ4v) is 2.53. The second-order valence-electron chi connectivity index (χ2n) is 5.75. The highest BCUT2D eigenvalue weighted by Crippen LogP contribution is 2.19. The Kier molecular flexibility index (Phi) is 6.09. The van der Waals surface area contributed by atoms with Gasteiger partial charge < -0.3 is 9.64 Å². The standard InChI is InChI=1S/C13H26ClNO/c1-13(2,3)16-10-9-15-8-4-5-12(11-15)6-7-14/h12H,4-11H2,1-3H3. The molecule has 0 bridgehead atoms. The lowest BCUT2D eigenvalue weighted by Gasteiger charge is -2.33. The van der Waals surface area contributed by atoms with E-state index in [0.717, 1.165) is 31.4 Å². The fourth-order valence-electron chi connectivity index (χ4n) is 2.23. The molecule has 96 valence electrons. The van der Waals surface area contributed by atoms with Gasteiger partial charge in [-0.1, -0.05) is 0 Å². The zero-order chi connectivity index (χ0) is 12.0. The Bertz CT molecular complexity index is 189. The molecule has 0 aromatic rings. The van der Waals surface area contributed by atoms with Crippen molar-refractivity contribution in [1.29, 1.82) is 0 Å². The first-order chi connectivity index (χ1) is 7.51. The molecule has 2 nitrogen and oxygen atoms in total. The number of likely N-dealkylation sites (tertiary alicyclic amines) is 1. The van der Waals surface area contributed by atoms with Crippen molar-refractivity contribution in [3.8, 4) is 0 Å². The summed E-state index contributed by atoms with van der Waals surface area (Å²) in [6.45, 7) is 10.7. The molecule has 1 aliphatic heterocycles.